The second kappa shape index (κ2) is 5.62. The SMILES string of the molecule is CC(=C(C#N)C#N)c1ccc(-c2ccncc2)cc1. The van der Waals surface area contributed by atoms with Crippen LogP contribution in [0.2, 0.25) is 0 Å². The Morgan fingerprint density at radius 3 is 1.95 bits per heavy atom. The van der Waals surface area contributed by atoms with Crippen molar-refractivity contribution in [1.82, 2.24) is 4.98 Å². The molecule has 1 heterocycles. The standard InChI is InChI=1S/C16H11N3/c1-12(16(10-17)11-18)13-2-4-14(5-3-13)15-6-8-19-9-7-15/h2-9H,1H3. The summed E-state index contributed by atoms with van der Waals surface area (Å²) in [7, 11) is 0. The maximum Gasteiger partial charge on any atom is 0.133 e. The number of hydrogen-bond donors (Lipinski definition) is 0. The first kappa shape index (κ1) is 12.5. The van der Waals surface area contributed by atoms with E-state index in [4.69, 9.17) is 10.5 Å². The van der Waals surface area contributed by atoms with Gasteiger partial charge in [0.05, 0.1) is 0 Å². The lowest BCUT2D eigenvalue weighted by molar-refractivity contribution is 1.33. The molecule has 0 saturated heterocycles. The Balaban J connectivity index is 2.38. The van der Waals surface area contributed by atoms with Gasteiger partial charge in [-0.2, -0.15) is 10.5 Å². The van der Waals surface area contributed by atoms with Crippen molar-refractivity contribution in [2.24, 2.45) is 0 Å². The van der Waals surface area contributed by atoms with E-state index >= 15 is 0 Å². The van der Waals surface area contributed by atoms with Gasteiger partial charge in [0.2, 0.25) is 0 Å². The molecule has 0 saturated carbocycles. The summed E-state index contributed by atoms with van der Waals surface area (Å²) in [6.07, 6.45) is 3.50. The molecule has 19 heavy (non-hydrogen) atoms. The number of nitriles is 2. The van der Waals surface area contributed by atoms with Crippen molar-refractivity contribution in [3.63, 3.8) is 0 Å². The predicted molar refractivity (Wildman–Crippen MR) is 73.5 cm³/mol. The zero-order chi connectivity index (χ0) is 13.7. The fraction of sp³-hybridized carbons (Fsp3) is 0.0625. The van der Waals surface area contributed by atoms with E-state index in [-0.39, 0.29) is 5.57 Å². The third-order valence-electron chi connectivity index (χ3n) is 2.93. The molecule has 0 aliphatic carbocycles. The maximum atomic E-state index is 8.85. The van der Waals surface area contributed by atoms with Crippen molar-refractivity contribution in [3.05, 3.63) is 59.9 Å². The number of hydrogen-bond acceptors (Lipinski definition) is 3. The Labute approximate surface area is 112 Å². The molecule has 90 valence electrons. The number of aromatic nitrogens is 1. The zero-order valence-electron chi connectivity index (χ0n) is 10.5. The van der Waals surface area contributed by atoms with Gasteiger partial charge in [-0.05, 0) is 41.3 Å². The zero-order valence-corrected chi connectivity index (χ0v) is 10.5. The van der Waals surface area contributed by atoms with Crippen LogP contribution < -0.4 is 0 Å². The minimum absolute atomic E-state index is 0.150. The van der Waals surface area contributed by atoms with E-state index in [1.807, 2.05) is 48.5 Å². The van der Waals surface area contributed by atoms with Gasteiger partial charge in [0.1, 0.15) is 17.7 Å². The van der Waals surface area contributed by atoms with E-state index in [0.717, 1.165) is 16.7 Å². The fourth-order valence-corrected chi connectivity index (χ4v) is 1.79. The highest BCUT2D eigenvalue weighted by Crippen LogP contribution is 2.23. The van der Waals surface area contributed by atoms with Crippen molar-refractivity contribution < 1.29 is 0 Å². The molecule has 1 aromatic carbocycles. The van der Waals surface area contributed by atoms with Gasteiger partial charge in [0.15, 0.2) is 0 Å². The number of allylic oxidation sites excluding steroid dienone is 2. The molecule has 2 rings (SSSR count). The number of benzene rings is 1. The Bertz CT molecular complexity index is 668. The van der Waals surface area contributed by atoms with E-state index < -0.39 is 0 Å². The van der Waals surface area contributed by atoms with E-state index in [2.05, 4.69) is 4.98 Å². The molecule has 0 amide bonds. The van der Waals surface area contributed by atoms with Gasteiger partial charge < -0.3 is 0 Å². The summed E-state index contributed by atoms with van der Waals surface area (Å²) < 4.78 is 0. The second-order valence-electron chi connectivity index (χ2n) is 4.04. The third-order valence-corrected chi connectivity index (χ3v) is 2.93. The van der Waals surface area contributed by atoms with Crippen molar-refractivity contribution in [3.8, 4) is 23.3 Å². The van der Waals surface area contributed by atoms with Gasteiger partial charge in [-0.25, -0.2) is 0 Å². The average Bonchev–Trinajstić information content (AvgIpc) is 2.49. The minimum Gasteiger partial charge on any atom is -0.265 e. The Morgan fingerprint density at radius 1 is 0.895 bits per heavy atom. The lowest BCUT2D eigenvalue weighted by Gasteiger charge is -2.04. The summed E-state index contributed by atoms with van der Waals surface area (Å²) >= 11 is 0. The van der Waals surface area contributed by atoms with Crippen LogP contribution in [-0.4, -0.2) is 4.98 Å². The normalized spacial score (nSPS) is 9.21. The molecular formula is C16H11N3. The highest BCUT2D eigenvalue weighted by atomic mass is 14.6. The van der Waals surface area contributed by atoms with Crippen LogP contribution in [0.25, 0.3) is 16.7 Å². The monoisotopic (exact) mass is 245 g/mol. The van der Waals surface area contributed by atoms with E-state index in [1.165, 1.54) is 0 Å². The lowest BCUT2D eigenvalue weighted by Crippen LogP contribution is -1.85. The molecule has 0 unspecified atom stereocenters. The van der Waals surface area contributed by atoms with E-state index in [0.29, 0.717) is 5.57 Å². The average molecular weight is 245 g/mol. The molecule has 3 heteroatoms. The van der Waals surface area contributed by atoms with Crippen LogP contribution in [0.5, 0.6) is 0 Å². The first-order valence-electron chi connectivity index (χ1n) is 5.78. The van der Waals surface area contributed by atoms with Crippen LogP contribution in [-0.2, 0) is 0 Å². The maximum absolute atomic E-state index is 8.85. The minimum atomic E-state index is 0.150. The van der Waals surface area contributed by atoms with Crippen LogP contribution in [0.15, 0.2) is 54.4 Å². The molecule has 2 aromatic rings. The topological polar surface area (TPSA) is 60.5 Å². The third kappa shape index (κ3) is 2.68. The molecule has 0 spiro atoms. The highest BCUT2D eigenvalue weighted by molar-refractivity contribution is 5.75. The van der Waals surface area contributed by atoms with Gasteiger partial charge in [-0.3, -0.25) is 4.98 Å². The lowest BCUT2D eigenvalue weighted by atomic mass is 9.99. The summed E-state index contributed by atoms with van der Waals surface area (Å²) in [6.45, 7) is 1.78. The molecule has 1 aromatic heterocycles. The van der Waals surface area contributed by atoms with E-state index in [9.17, 15) is 0 Å². The van der Waals surface area contributed by atoms with Gasteiger partial charge in [-0.1, -0.05) is 24.3 Å². The van der Waals surface area contributed by atoms with Crippen LogP contribution in [0.3, 0.4) is 0 Å². The molecule has 0 aliphatic heterocycles. The number of rotatable bonds is 2. The summed E-state index contributed by atoms with van der Waals surface area (Å²) in [6, 6.07) is 15.5. The van der Waals surface area contributed by atoms with Gasteiger partial charge in [0.25, 0.3) is 0 Å². The smallest absolute Gasteiger partial charge is 0.133 e. The molecule has 0 N–H and O–H groups in total. The Kier molecular flexibility index (Phi) is 3.71. The summed E-state index contributed by atoms with van der Waals surface area (Å²) in [4.78, 5) is 3.98. The second-order valence-corrected chi connectivity index (χ2v) is 4.04. The molecule has 3 nitrogen and oxygen atoms in total. The van der Waals surface area contributed by atoms with Crippen LogP contribution in [0.1, 0.15) is 12.5 Å². The van der Waals surface area contributed by atoms with Crippen molar-refractivity contribution in [2.45, 2.75) is 6.92 Å². The summed E-state index contributed by atoms with van der Waals surface area (Å²) in [5.41, 5.74) is 3.90. The Hall–Kier alpha value is -2.91. The first-order chi connectivity index (χ1) is 9.26. The van der Waals surface area contributed by atoms with Crippen LogP contribution in [0, 0.1) is 22.7 Å². The van der Waals surface area contributed by atoms with Crippen LogP contribution in [0.4, 0.5) is 0 Å². The summed E-state index contributed by atoms with van der Waals surface area (Å²) in [5.74, 6) is 0. The van der Waals surface area contributed by atoms with Crippen LogP contribution >= 0.6 is 0 Å². The predicted octanol–water partition coefficient (Wildman–Crippen LogP) is 3.57. The molecule has 0 atom stereocenters. The van der Waals surface area contributed by atoms with Crippen molar-refractivity contribution >= 4 is 5.57 Å². The molecule has 0 radical (unpaired) electrons. The summed E-state index contributed by atoms with van der Waals surface area (Å²) in [5, 5.41) is 17.7. The number of pyridine rings is 1. The number of nitrogens with zero attached hydrogens (tertiary/aromatic N) is 3. The first-order valence-corrected chi connectivity index (χ1v) is 5.78. The van der Waals surface area contributed by atoms with Gasteiger partial charge >= 0.3 is 0 Å². The fourth-order valence-electron chi connectivity index (χ4n) is 1.79. The molecule has 0 fully saturated rings. The quantitative estimate of drug-likeness (QED) is 0.760. The van der Waals surface area contributed by atoms with Gasteiger partial charge in [0, 0.05) is 12.4 Å². The molecule has 0 bridgehead atoms. The molecule has 0 aliphatic rings. The van der Waals surface area contributed by atoms with Crippen molar-refractivity contribution in [1.29, 1.82) is 10.5 Å². The highest BCUT2D eigenvalue weighted by Gasteiger charge is 2.04. The van der Waals surface area contributed by atoms with Gasteiger partial charge in [-0.15, -0.1) is 0 Å². The largest absolute Gasteiger partial charge is 0.265 e. The van der Waals surface area contributed by atoms with E-state index in [1.54, 1.807) is 19.3 Å². The Morgan fingerprint density at radius 2 is 1.42 bits per heavy atom. The van der Waals surface area contributed by atoms with Crippen molar-refractivity contribution in [2.75, 3.05) is 0 Å². The molecular weight excluding hydrogens is 234 g/mol.